The Morgan fingerprint density at radius 2 is 0.439 bits per heavy atom. The molecule has 0 saturated carbocycles. The molecule has 0 aromatic rings. The Hall–Kier alpha value is -3.26. The molecule has 0 aromatic heterocycles. The van der Waals surface area contributed by atoms with E-state index in [9.17, 15) is 28.8 Å². The lowest BCUT2D eigenvalue weighted by atomic mass is 10.0. The number of amides is 2. The molecule has 14 heteroatoms. The number of hydrogen-bond acceptors (Lipinski definition) is 12. The maximum absolute atomic E-state index is 13.1. The molecule has 0 bridgehead atoms. The number of esters is 4. The average Bonchev–Trinajstić information content (AvgIpc) is 1.18. The summed E-state index contributed by atoms with van der Waals surface area (Å²) in [5.74, 6) is -0.711. The summed E-state index contributed by atoms with van der Waals surface area (Å²) in [7, 11) is 0. The summed E-state index contributed by atoms with van der Waals surface area (Å²) in [6, 6.07) is 0. The minimum absolute atomic E-state index is 0.0204. The first-order valence-corrected chi connectivity index (χ1v) is 47.2. The SMILES string of the molecule is CCCCCCCCCCCOC(=O)CCCCCN(CCCCCCCC(=O)OC(CCCCCCCC)CCCCCCCC)CCCNC(=O)CC(=O)NCCCN(CCCCCCCC(=O)OC(CCCCCCCC)CCCCCCCC)CCCCCC(=O)OCCCCCCCCCCC. The van der Waals surface area contributed by atoms with Gasteiger partial charge in [-0.05, 0) is 168 Å². The fourth-order valence-corrected chi connectivity index (χ4v) is 14.8. The van der Waals surface area contributed by atoms with Crippen LogP contribution in [0.1, 0.15) is 485 Å². The number of ether oxygens (including phenoxy) is 4. The summed E-state index contributed by atoms with van der Waals surface area (Å²) in [5.41, 5.74) is 0. The number of hydrogen-bond donors (Lipinski definition) is 2. The van der Waals surface area contributed by atoms with Crippen molar-refractivity contribution in [3.05, 3.63) is 0 Å². The van der Waals surface area contributed by atoms with Crippen molar-refractivity contribution < 1.29 is 47.7 Å². The lowest BCUT2D eigenvalue weighted by Crippen LogP contribution is -2.35. The van der Waals surface area contributed by atoms with Crippen LogP contribution in [-0.2, 0) is 47.7 Å². The van der Waals surface area contributed by atoms with Crippen LogP contribution >= 0.6 is 0 Å². The molecule has 0 rings (SSSR count). The van der Waals surface area contributed by atoms with Crippen LogP contribution in [-0.4, -0.2) is 123 Å². The lowest BCUT2D eigenvalue weighted by Gasteiger charge is -2.22. The predicted molar refractivity (Wildman–Crippen MR) is 453 cm³/mol. The van der Waals surface area contributed by atoms with Crippen molar-refractivity contribution in [2.45, 2.75) is 497 Å². The normalized spacial score (nSPS) is 11.6. The lowest BCUT2D eigenvalue weighted by molar-refractivity contribution is -0.151. The van der Waals surface area contributed by atoms with Crippen molar-refractivity contribution >= 4 is 35.7 Å². The van der Waals surface area contributed by atoms with Crippen LogP contribution in [0.3, 0.4) is 0 Å². The molecule has 0 unspecified atom stereocenters. The first-order valence-electron chi connectivity index (χ1n) is 47.2. The third-order valence-electron chi connectivity index (χ3n) is 21.8. The molecular weight excluding hydrogens is 1330 g/mol. The summed E-state index contributed by atoms with van der Waals surface area (Å²) in [6.07, 6.45) is 75.7. The molecule has 0 aliphatic rings. The highest BCUT2D eigenvalue weighted by Gasteiger charge is 2.18. The minimum Gasteiger partial charge on any atom is -0.466 e. The number of carbonyl (C=O) groups excluding carboxylic acids is 6. The molecule has 0 aliphatic carbocycles. The third kappa shape index (κ3) is 79.2. The van der Waals surface area contributed by atoms with E-state index in [1.54, 1.807) is 0 Å². The van der Waals surface area contributed by atoms with Crippen LogP contribution in [0.25, 0.3) is 0 Å². The van der Waals surface area contributed by atoms with E-state index in [0.717, 1.165) is 232 Å². The quantitative estimate of drug-likeness (QED) is 0.0256. The summed E-state index contributed by atoms with van der Waals surface area (Å²) in [4.78, 5) is 82.6. The summed E-state index contributed by atoms with van der Waals surface area (Å²) in [6.45, 7) is 21.1. The Balaban J connectivity index is 5.32. The molecular formula is C93H180N4O10. The van der Waals surface area contributed by atoms with E-state index in [2.05, 4.69) is 62.0 Å². The Labute approximate surface area is 662 Å². The van der Waals surface area contributed by atoms with E-state index in [0.29, 0.717) is 52.0 Å². The van der Waals surface area contributed by atoms with Crippen LogP contribution in [0.5, 0.6) is 0 Å². The highest BCUT2D eigenvalue weighted by atomic mass is 16.6. The Kier molecular flexibility index (Phi) is 82.6. The molecule has 632 valence electrons. The molecule has 0 radical (unpaired) electrons. The molecule has 0 atom stereocenters. The number of carbonyl (C=O) groups is 6. The van der Waals surface area contributed by atoms with Gasteiger partial charge in [-0.3, -0.25) is 28.8 Å². The van der Waals surface area contributed by atoms with Gasteiger partial charge in [-0.25, -0.2) is 0 Å². The Morgan fingerprint density at radius 1 is 0.234 bits per heavy atom. The van der Waals surface area contributed by atoms with Crippen molar-refractivity contribution in [3.63, 3.8) is 0 Å². The second kappa shape index (κ2) is 85.2. The molecule has 14 nitrogen and oxygen atoms in total. The molecule has 0 fully saturated rings. The van der Waals surface area contributed by atoms with Gasteiger partial charge >= 0.3 is 23.9 Å². The molecule has 0 saturated heterocycles. The van der Waals surface area contributed by atoms with Gasteiger partial charge in [-0.1, -0.05) is 324 Å². The van der Waals surface area contributed by atoms with E-state index in [-0.39, 0.29) is 54.3 Å². The zero-order valence-electron chi connectivity index (χ0n) is 72.0. The molecule has 2 amide bonds. The van der Waals surface area contributed by atoms with Crippen LogP contribution in [0.15, 0.2) is 0 Å². The van der Waals surface area contributed by atoms with Gasteiger partial charge < -0.3 is 39.4 Å². The summed E-state index contributed by atoms with van der Waals surface area (Å²) in [5, 5.41) is 6.05. The van der Waals surface area contributed by atoms with Crippen molar-refractivity contribution in [2.24, 2.45) is 0 Å². The summed E-state index contributed by atoms with van der Waals surface area (Å²) >= 11 is 0. The van der Waals surface area contributed by atoms with Gasteiger partial charge in [-0.2, -0.15) is 0 Å². The summed E-state index contributed by atoms with van der Waals surface area (Å²) < 4.78 is 23.5. The molecule has 2 N–H and O–H groups in total. The van der Waals surface area contributed by atoms with Crippen molar-refractivity contribution in [3.8, 4) is 0 Å². The van der Waals surface area contributed by atoms with Gasteiger partial charge in [0.15, 0.2) is 0 Å². The van der Waals surface area contributed by atoms with Gasteiger partial charge in [-0.15, -0.1) is 0 Å². The Morgan fingerprint density at radius 3 is 0.710 bits per heavy atom. The van der Waals surface area contributed by atoms with Gasteiger partial charge in [0.05, 0.1) is 13.2 Å². The maximum atomic E-state index is 13.1. The van der Waals surface area contributed by atoms with Gasteiger partial charge in [0.1, 0.15) is 18.6 Å². The second-order valence-electron chi connectivity index (χ2n) is 32.5. The number of nitrogens with one attached hydrogen (secondary N) is 2. The first kappa shape index (κ1) is 104. The maximum Gasteiger partial charge on any atom is 0.306 e. The van der Waals surface area contributed by atoms with E-state index < -0.39 is 0 Å². The first-order chi connectivity index (χ1) is 52.5. The number of unbranched alkanes of at least 4 members (excludes halogenated alkanes) is 48. The van der Waals surface area contributed by atoms with Crippen LogP contribution in [0.4, 0.5) is 0 Å². The van der Waals surface area contributed by atoms with Crippen LogP contribution < -0.4 is 10.6 Å². The smallest absolute Gasteiger partial charge is 0.306 e. The second-order valence-corrected chi connectivity index (χ2v) is 32.5. The topological polar surface area (TPSA) is 170 Å². The Bertz CT molecular complexity index is 1760. The monoisotopic (exact) mass is 1510 g/mol. The molecule has 0 aliphatic heterocycles. The number of nitrogens with zero attached hydrogens (tertiary/aromatic N) is 2. The van der Waals surface area contributed by atoms with Crippen LogP contribution in [0, 0.1) is 0 Å². The van der Waals surface area contributed by atoms with Crippen molar-refractivity contribution in [1.29, 1.82) is 0 Å². The molecule has 0 aromatic carbocycles. The highest BCUT2D eigenvalue weighted by molar-refractivity contribution is 5.96. The average molecular weight is 1510 g/mol. The zero-order valence-corrected chi connectivity index (χ0v) is 72.0. The number of rotatable bonds is 88. The third-order valence-corrected chi connectivity index (χ3v) is 21.8. The van der Waals surface area contributed by atoms with Gasteiger partial charge in [0.25, 0.3) is 0 Å². The van der Waals surface area contributed by atoms with Crippen molar-refractivity contribution in [1.82, 2.24) is 20.4 Å². The van der Waals surface area contributed by atoms with Gasteiger partial charge in [0, 0.05) is 38.8 Å². The molecule has 107 heavy (non-hydrogen) atoms. The van der Waals surface area contributed by atoms with E-state index in [4.69, 9.17) is 18.9 Å². The van der Waals surface area contributed by atoms with E-state index in [1.165, 1.54) is 218 Å². The van der Waals surface area contributed by atoms with Crippen molar-refractivity contribution in [2.75, 3.05) is 65.6 Å². The largest absolute Gasteiger partial charge is 0.466 e. The fraction of sp³-hybridized carbons (Fsp3) is 0.935. The standard InChI is InChI=1S/C93H180N4O10/c1-7-13-19-25-31-33-35-47-63-83-104-90(100)71-57-49-61-79-96(77-59-45-37-43-55-73-92(102)106-86(67-51-39-27-21-15-9-3)68-52-40-28-22-16-10-4)81-65-75-94-88(98)85-89(99)95-76-66-82-97(80-62-50-58-72-91(101)105-84-64-48-36-34-32-26-20-14-8-2)78-60-46-38-44-56-74-93(103)107-87(69-53-41-29-23-17-11-5)70-54-42-30-24-18-12-6/h86-87H,7-85H2,1-6H3,(H,94,98)(H,95,99). The predicted octanol–water partition coefficient (Wildman–Crippen LogP) is 25.8. The highest BCUT2D eigenvalue weighted by Crippen LogP contribution is 2.22. The van der Waals surface area contributed by atoms with E-state index in [1.807, 2.05) is 0 Å². The van der Waals surface area contributed by atoms with Crippen LogP contribution in [0.2, 0.25) is 0 Å². The van der Waals surface area contributed by atoms with E-state index >= 15 is 0 Å². The fourth-order valence-electron chi connectivity index (χ4n) is 14.8. The molecule has 0 spiro atoms. The molecule has 0 heterocycles. The minimum atomic E-state index is -0.254. The van der Waals surface area contributed by atoms with Gasteiger partial charge in [0.2, 0.25) is 11.8 Å². The zero-order chi connectivity index (χ0) is 77.9.